The summed E-state index contributed by atoms with van der Waals surface area (Å²) < 4.78 is 35.8. The molecule has 0 saturated carbocycles. The average Bonchev–Trinajstić information content (AvgIpc) is 3.07. The van der Waals surface area contributed by atoms with E-state index in [0.717, 1.165) is 16.7 Å². The fraction of sp³-hybridized carbons (Fsp3) is 0.200. The average molecular weight is 340 g/mol. The van der Waals surface area contributed by atoms with Crippen molar-refractivity contribution < 1.29 is 9.79 Å². The number of sulfonamides is 1. The van der Waals surface area contributed by atoms with Gasteiger partial charge in [0.1, 0.15) is 0 Å². The second-order valence-electron chi connectivity index (χ2n) is 5.97. The molecule has 3 rings (SSSR count). The Kier molecular flexibility index (Phi) is 4.32. The van der Waals surface area contributed by atoms with Gasteiger partial charge in [-0.15, -0.1) is 6.58 Å². The van der Waals surface area contributed by atoms with Gasteiger partial charge in [-0.2, -0.15) is 4.31 Å². The van der Waals surface area contributed by atoms with Crippen molar-refractivity contribution in [1.29, 1.82) is 0 Å². The van der Waals surface area contributed by atoms with Gasteiger partial charge in [0, 0.05) is 19.0 Å². The predicted molar refractivity (Wildman–Crippen MR) is 98.0 cm³/mol. The largest absolute Gasteiger partial charge is 0.243 e. The van der Waals surface area contributed by atoms with E-state index in [0.29, 0.717) is 12.6 Å². The monoisotopic (exact) mass is 340 g/mol. The Morgan fingerprint density at radius 3 is 2.46 bits per heavy atom. The summed E-state index contributed by atoms with van der Waals surface area (Å²) >= 11 is 0. The Hall–Kier alpha value is -2.17. The van der Waals surface area contributed by atoms with Gasteiger partial charge in [0.15, 0.2) is 0 Å². The van der Waals surface area contributed by atoms with Crippen molar-refractivity contribution >= 4 is 16.1 Å². The molecule has 0 aliphatic carbocycles. The molecule has 0 spiro atoms. The lowest BCUT2D eigenvalue weighted by atomic mass is 10.0. The lowest BCUT2D eigenvalue weighted by molar-refractivity contribution is 0.471. The maximum Gasteiger partial charge on any atom is 0.243 e. The van der Waals surface area contributed by atoms with Crippen molar-refractivity contribution in [3.8, 4) is 0 Å². The molecule has 24 heavy (non-hydrogen) atoms. The van der Waals surface area contributed by atoms with Crippen LogP contribution in [0, 0.1) is 12.8 Å². The molecule has 4 heteroatoms. The zero-order chi connectivity index (χ0) is 18.0. The Morgan fingerprint density at radius 1 is 1.17 bits per heavy atom. The van der Waals surface area contributed by atoms with Crippen LogP contribution in [0.3, 0.4) is 0 Å². The van der Waals surface area contributed by atoms with Gasteiger partial charge in [0.05, 0.1) is 6.27 Å². The molecule has 1 atom stereocenters. The van der Waals surface area contributed by atoms with E-state index in [4.69, 9.17) is 1.37 Å². The van der Waals surface area contributed by atoms with E-state index in [1.54, 1.807) is 30.3 Å². The summed E-state index contributed by atoms with van der Waals surface area (Å²) in [7, 11) is -3.58. The highest BCUT2D eigenvalue weighted by Gasteiger charge is 2.34. The van der Waals surface area contributed by atoms with Crippen LogP contribution in [0.4, 0.5) is 0 Å². The Balaban J connectivity index is 1.96. The molecule has 3 nitrogen and oxygen atoms in total. The third-order valence-electron chi connectivity index (χ3n) is 4.22. The molecular formula is C20H21NO2S. The van der Waals surface area contributed by atoms with Crippen LogP contribution in [-0.4, -0.2) is 25.8 Å². The summed E-state index contributed by atoms with van der Waals surface area (Å²) in [4.78, 5) is 0.286. The molecule has 0 aromatic heterocycles. The van der Waals surface area contributed by atoms with Crippen molar-refractivity contribution in [2.75, 3.05) is 13.1 Å². The van der Waals surface area contributed by atoms with Crippen LogP contribution in [0.25, 0.3) is 6.05 Å². The molecule has 124 valence electrons. The van der Waals surface area contributed by atoms with E-state index in [1.165, 1.54) is 4.31 Å². The highest BCUT2D eigenvalue weighted by atomic mass is 32.2. The van der Waals surface area contributed by atoms with Gasteiger partial charge < -0.3 is 0 Å². The lowest BCUT2D eigenvalue weighted by Gasteiger charge is -2.15. The molecule has 1 saturated heterocycles. The van der Waals surface area contributed by atoms with Gasteiger partial charge in [-0.05, 0) is 30.2 Å². The van der Waals surface area contributed by atoms with Crippen LogP contribution in [0.15, 0.2) is 77.7 Å². The van der Waals surface area contributed by atoms with E-state index in [9.17, 15) is 8.42 Å². The van der Waals surface area contributed by atoms with E-state index >= 15 is 0 Å². The molecule has 0 radical (unpaired) electrons. The Labute approximate surface area is 145 Å². The standard InChI is InChI=1S/C20H21NO2S/c1-3-18-14-21(15-19(18)13-17-7-5-4-6-8-17)24(22,23)20-11-9-16(2)10-12-20/h3-13,18H,1,14-15H2,2H3/b19-13+/i13D. The van der Waals surface area contributed by atoms with E-state index in [2.05, 4.69) is 6.58 Å². The summed E-state index contributed by atoms with van der Waals surface area (Å²) in [5.41, 5.74) is 2.60. The van der Waals surface area contributed by atoms with Crippen LogP contribution in [0.5, 0.6) is 0 Å². The van der Waals surface area contributed by atoms with Crippen LogP contribution in [0.2, 0.25) is 0 Å². The molecule has 1 aliphatic rings. The van der Waals surface area contributed by atoms with E-state index in [1.807, 2.05) is 37.3 Å². The minimum atomic E-state index is -3.58. The number of aryl methyl sites for hydroxylation is 1. The maximum atomic E-state index is 12.9. The molecule has 0 N–H and O–H groups in total. The fourth-order valence-corrected chi connectivity index (χ4v) is 4.24. The van der Waals surface area contributed by atoms with Gasteiger partial charge in [0.25, 0.3) is 0 Å². The molecule has 0 amide bonds. The van der Waals surface area contributed by atoms with Crippen LogP contribution in [0.1, 0.15) is 12.5 Å². The van der Waals surface area contributed by atoms with Crippen molar-refractivity contribution in [3.05, 3.63) is 84.0 Å². The highest BCUT2D eigenvalue weighted by molar-refractivity contribution is 7.89. The van der Waals surface area contributed by atoms with Gasteiger partial charge >= 0.3 is 0 Å². The van der Waals surface area contributed by atoms with Crippen molar-refractivity contribution in [2.45, 2.75) is 11.8 Å². The highest BCUT2D eigenvalue weighted by Crippen LogP contribution is 2.30. The normalized spacial score (nSPS) is 21.4. The summed E-state index contributed by atoms with van der Waals surface area (Å²) in [5, 5.41) is 0. The smallest absolute Gasteiger partial charge is 0.207 e. The second kappa shape index (κ2) is 6.75. The van der Waals surface area contributed by atoms with Gasteiger partial charge in [-0.25, -0.2) is 8.42 Å². The first-order valence-corrected chi connectivity index (χ1v) is 9.32. The molecular weight excluding hydrogens is 318 g/mol. The molecule has 1 unspecified atom stereocenters. The topological polar surface area (TPSA) is 37.4 Å². The van der Waals surface area contributed by atoms with Gasteiger partial charge in [-0.3, -0.25) is 0 Å². The van der Waals surface area contributed by atoms with Crippen molar-refractivity contribution in [1.82, 2.24) is 4.31 Å². The first kappa shape index (κ1) is 15.4. The van der Waals surface area contributed by atoms with Crippen LogP contribution in [-0.2, 0) is 10.0 Å². The third kappa shape index (κ3) is 3.35. The minimum absolute atomic E-state index is 0.145. The van der Waals surface area contributed by atoms with Gasteiger partial charge in [0.2, 0.25) is 10.0 Å². The quantitative estimate of drug-likeness (QED) is 0.792. The molecule has 1 fully saturated rings. The minimum Gasteiger partial charge on any atom is -0.207 e. The maximum absolute atomic E-state index is 12.9. The Bertz CT molecular complexity index is 902. The van der Waals surface area contributed by atoms with Crippen LogP contribution >= 0.6 is 0 Å². The number of rotatable bonds is 4. The third-order valence-corrected chi connectivity index (χ3v) is 6.04. The predicted octanol–water partition coefficient (Wildman–Crippen LogP) is 3.89. The number of hydrogen-bond acceptors (Lipinski definition) is 2. The molecule has 1 aliphatic heterocycles. The lowest BCUT2D eigenvalue weighted by Crippen LogP contribution is -2.28. The number of nitrogens with zero attached hydrogens (tertiary/aromatic N) is 1. The van der Waals surface area contributed by atoms with Gasteiger partial charge in [-0.1, -0.05) is 60.2 Å². The molecule has 2 aromatic carbocycles. The molecule has 2 aromatic rings. The Morgan fingerprint density at radius 2 is 1.83 bits per heavy atom. The number of hydrogen-bond donors (Lipinski definition) is 0. The summed E-state index contributed by atoms with van der Waals surface area (Å²) in [6.07, 6.45) is 1.73. The SMILES string of the molecule is [2H]/C(=C1/CN(S(=O)(=O)c2ccc(C)cc2)CC1C=C)c1ccccc1. The first-order chi connectivity index (χ1) is 11.9. The van der Waals surface area contributed by atoms with E-state index in [-0.39, 0.29) is 17.4 Å². The fourth-order valence-electron chi connectivity index (χ4n) is 2.80. The summed E-state index contributed by atoms with van der Waals surface area (Å²) in [5.74, 6) is -0.145. The second-order valence-corrected chi connectivity index (χ2v) is 7.91. The zero-order valence-electron chi connectivity index (χ0n) is 14.6. The zero-order valence-corrected chi connectivity index (χ0v) is 14.5. The molecule has 1 heterocycles. The van der Waals surface area contributed by atoms with E-state index < -0.39 is 10.0 Å². The van der Waals surface area contributed by atoms with Crippen molar-refractivity contribution in [3.63, 3.8) is 0 Å². The molecule has 0 bridgehead atoms. The van der Waals surface area contributed by atoms with Crippen LogP contribution < -0.4 is 0 Å². The first-order valence-electron chi connectivity index (χ1n) is 8.38. The number of benzene rings is 2. The summed E-state index contributed by atoms with van der Waals surface area (Å²) in [6, 6.07) is 16.6. The summed E-state index contributed by atoms with van der Waals surface area (Å²) in [6.45, 7) is 6.30. The van der Waals surface area contributed by atoms with Crippen molar-refractivity contribution in [2.24, 2.45) is 5.92 Å².